The first-order valence-electron chi connectivity index (χ1n) is 4.28. The summed E-state index contributed by atoms with van der Waals surface area (Å²) in [5.41, 5.74) is 1.80. The molecule has 0 spiro atoms. The number of ether oxygens (including phenoxy) is 1. The number of aliphatic hydroxyl groups is 3. The summed E-state index contributed by atoms with van der Waals surface area (Å²) in [6, 6.07) is 3.29. The number of hydrogen-bond acceptors (Lipinski definition) is 4. The van der Waals surface area contributed by atoms with Crippen LogP contribution in [0.2, 0.25) is 0 Å². The number of rotatable bonds is 4. The fraction of sp³-hybridized carbons (Fsp3) is 0.400. The molecule has 0 fully saturated rings. The standard InChI is InChI=1S/C10H14O4/c1-14-10-3-7(4-11)2-8(5-12)9(10)6-13/h2-3,11-13H,4-6H2,1H3. The van der Waals surface area contributed by atoms with Crippen molar-refractivity contribution in [1.29, 1.82) is 0 Å². The largest absolute Gasteiger partial charge is 0.496 e. The smallest absolute Gasteiger partial charge is 0.125 e. The van der Waals surface area contributed by atoms with E-state index in [1.807, 2.05) is 0 Å². The van der Waals surface area contributed by atoms with E-state index in [0.29, 0.717) is 22.4 Å². The van der Waals surface area contributed by atoms with E-state index in [0.717, 1.165) is 0 Å². The van der Waals surface area contributed by atoms with E-state index in [2.05, 4.69) is 0 Å². The summed E-state index contributed by atoms with van der Waals surface area (Å²) < 4.78 is 5.04. The van der Waals surface area contributed by atoms with Crippen LogP contribution >= 0.6 is 0 Å². The molecule has 14 heavy (non-hydrogen) atoms. The SMILES string of the molecule is COc1cc(CO)cc(CO)c1CO. The zero-order valence-electron chi connectivity index (χ0n) is 8.03. The molecular weight excluding hydrogens is 184 g/mol. The lowest BCUT2D eigenvalue weighted by atomic mass is 10.0. The van der Waals surface area contributed by atoms with Gasteiger partial charge in [-0.2, -0.15) is 0 Å². The molecule has 0 atom stereocenters. The molecule has 3 N–H and O–H groups in total. The van der Waals surface area contributed by atoms with Crippen LogP contribution in [0.5, 0.6) is 5.75 Å². The third-order valence-corrected chi connectivity index (χ3v) is 2.09. The minimum absolute atomic E-state index is 0.116. The van der Waals surface area contributed by atoms with Gasteiger partial charge in [0.1, 0.15) is 5.75 Å². The van der Waals surface area contributed by atoms with Crippen molar-refractivity contribution >= 4 is 0 Å². The van der Waals surface area contributed by atoms with Gasteiger partial charge in [0.15, 0.2) is 0 Å². The van der Waals surface area contributed by atoms with Crippen molar-refractivity contribution in [3.63, 3.8) is 0 Å². The molecule has 1 rings (SSSR count). The molecule has 0 bridgehead atoms. The average molecular weight is 198 g/mol. The van der Waals surface area contributed by atoms with E-state index in [4.69, 9.17) is 20.1 Å². The van der Waals surface area contributed by atoms with Gasteiger partial charge in [0.25, 0.3) is 0 Å². The van der Waals surface area contributed by atoms with E-state index in [9.17, 15) is 0 Å². The van der Waals surface area contributed by atoms with Crippen LogP contribution in [0.15, 0.2) is 12.1 Å². The summed E-state index contributed by atoms with van der Waals surface area (Å²) in [6.07, 6.45) is 0. The summed E-state index contributed by atoms with van der Waals surface area (Å²) in [6.45, 7) is -0.486. The van der Waals surface area contributed by atoms with Crippen molar-refractivity contribution in [3.8, 4) is 5.75 Å². The first-order chi connectivity index (χ1) is 6.76. The second-order valence-corrected chi connectivity index (χ2v) is 2.91. The summed E-state index contributed by atoms with van der Waals surface area (Å²) >= 11 is 0. The molecule has 0 radical (unpaired) electrons. The first kappa shape index (κ1) is 11.0. The van der Waals surface area contributed by atoms with Crippen molar-refractivity contribution in [2.75, 3.05) is 7.11 Å². The Labute approximate surface area is 82.4 Å². The Morgan fingerprint density at radius 3 is 2.21 bits per heavy atom. The Balaban J connectivity index is 3.24. The van der Waals surface area contributed by atoms with Gasteiger partial charge in [-0.25, -0.2) is 0 Å². The molecule has 1 aromatic rings. The van der Waals surface area contributed by atoms with Crippen LogP contribution in [0.25, 0.3) is 0 Å². The fourth-order valence-electron chi connectivity index (χ4n) is 1.36. The monoisotopic (exact) mass is 198 g/mol. The lowest BCUT2D eigenvalue weighted by Gasteiger charge is -2.12. The number of benzene rings is 1. The highest BCUT2D eigenvalue weighted by molar-refractivity contribution is 5.43. The maximum absolute atomic E-state index is 9.07. The minimum Gasteiger partial charge on any atom is -0.496 e. The quantitative estimate of drug-likeness (QED) is 0.645. The van der Waals surface area contributed by atoms with Crippen molar-refractivity contribution < 1.29 is 20.1 Å². The predicted octanol–water partition coefficient (Wildman–Crippen LogP) is 0.172. The zero-order valence-corrected chi connectivity index (χ0v) is 8.03. The van der Waals surface area contributed by atoms with Crippen molar-refractivity contribution in [2.24, 2.45) is 0 Å². The minimum atomic E-state index is -0.190. The van der Waals surface area contributed by atoms with Crippen molar-refractivity contribution in [2.45, 2.75) is 19.8 Å². The molecular formula is C10H14O4. The summed E-state index contributed by atoms with van der Waals surface area (Å²) in [4.78, 5) is 0. The molecule has 0 unspecified atom stereocenters. The van der Waals surface area contributed by atoms with Gasteiger partial charge in [-0.05, 0) is 17.2 Å². The van der Waals surface area contributed by atoms with Gasteiger partial charge in [0.05, 0.1) is 26.9 Å². The third kappa shape index (κ3) is 2.04. The highest BCUT2D eigenvalue weighted by Crippen LogP contribution is 2.25. The van der Waals surface area contributed by atoms with E-state index >= 15 is 0 Å². The van der Waals surface area contributed by atoms with Crippen LogP contribution < -0.4 is 4.74 Å². The first-order valence-corrected chi connectivity index (χ1v) is 4.28. The van der Waals surface area contributed by atoms with E-state index in [1.54, 1.807) is 12.1 Å². The van der Waals surface area contributed by atoms with Gasteiger partial charge in [0, 0.05) is 5.56 Å². The van der Waals surface area contributed by atoms with Crippen molar-refractivity contribution in [3.05, 3.63) is 28.8 Å². The van der Waals surface area contributed by atoms with Gasteiger partial charge in [-0.3, -0.25) is 0 Å². The molecule has 0 heterocycles. The Bertz CT molecular complexity index is 284. The highest BCUT2D eigenvalue weighted by Gasteiger charge is 2.09. The molecule has 0 aliphatic rings. The summed E-state index contributed by atoms with van der Waals surface area (Å²) in [5.74, 6) is 0.489. The van der Waals surface area contributed by atoms with Crippen LogP contribution in [0.3, 0.4) is 0 Å². The molecule has 0 aliphatic carbocycles. The maximum atomic E-state index is 9.07. The Morgan fingerprint density at radius 1 is 1.07 bits per heavy atom. The molecule has 0 saturated carbocycles. The molecule has 0 amide bonds. The molecule has 0 saturated heterocycles. The number of methoxy groups -OCH3 is 1. The predicted molar refractivity (Wildman–Crippen MR) is 50.8 cm³/mol. The van der Waals surface area contributed by atoms with Gasteiger partial charge in [-0.1, -0.05) is 6.07 Å². The lowest BCUT2D eigenvalue weighted by Crippen LogP contribution is -2.00. The Hall–Kier alpha value is -1.10. The van der Waals surface area contributed by atoms with Gasteiger partial charge >= 0.3 is 0 Å². The fourth-order valence-corrected chi connectivity index (χ4v) is 1.36. The number of hydrogen-bond donors (Lipinski definition) is 3. The molecule has 0 aliphatic heterocycles. The highest BCUT2D eigenvalue weighted by atomic mass is 16.5. The second kappa shape index (κ2) is 4.95. The second-order valence-electron chi connectivity index (χ2n) is 2.91. The van der Waals surface area contributed by atoms with Crippen LogP contribution in [-0.2, 0) is 19.8 Å². The van der Waals surface area contributed by atoms with Gasteiger partial charge < -0.3 is 20.1 Å². The number of aliphatic hydroxyl groups excluding tert-OH is 3. The molecule has 1 aromatic carbocycles. The van der Waals surface area contributed by atoms with Crippen LogP contribution in [0.1, 0.15) is 16.7 Å². The van der Waals surface area contributed by atoms with Crippen molar-refractivity contribution in [1.82, 2.24) is 0 Å². The van der Waals surface area contributed by atoms with Crippen LogP contribution in [0.4, 0.5) is 0 Å². The average Bonchev–Trinajstić information content (AvgIpc) is 2.26. The van der Waals surface area contributed by atoms with E-state index in [-0.39, 0.29) is 19.8 Å². The molecule has 4 heteroatoms. The normalized spacial score (nSPS) is 10.3. The Morgan fingerprint density at radius 2 is 1.79 bits per heavy atom. The van der Waals surface area contributed by atoms with E-state index in [1.165, 1.54) is 7.11 Å². The third-order valence-electron chi connectivity index (χ3n) is 2.09. The molecule has 78 valence electrons. The van der Waals surface area contributed by atoms with Gasteiger partial charge in [-0.15, -0.1) is 0 Å². The Kier molecular flexibility index (Phi) is 3.88. The van der Waals surface area contributed by atoms with Crippen LogP contribution in [-0.4, -0.2) is 22.4 Å². The zero-order chi connectivity index (χ0) is 10.6. The summed E-state index contributed by atoms with van der Waals surface area (Å²) in [5, 5.41) is 27.1. The molecule has 0 aromatic heterocycles. The lowest BCUT2D eigenvalue weighted by molar-refractivity contribution is 0.251. The summed E-state index contributed by atoms with van der Waals surface area (Å²) in [7, 11) is 1.48. The van der Waals surface area contributed by atoms with Crippen LogP contribution in [0, 0.1) is 0 Å². The maximum Gasteiger partial charge on any atom is 0.125 e. The molecule has 4 nitrogen and oxygen atoms in total. The van der Waals surface area contributed by atoms with Gasteiger partial charge in [0.2, 0.25) is 0 Å². The van der Waals surface area contributed by atoms with E-state index < -0.39 is 0 Å². The topological polar surface area (TPSA) is 69.9 Å².